The smallest absolute Gasteiger partial charge is 0.243 e. The average molecular weight is 234 g/mol. The van der Waals surface area contributed by atoms with Crippen molar-refractivity contribution in [1.82, 2.24) is 0 Å². The topological polar surface area (TPSA) is 55.6 Å². The number of rotatable bonds is 3. The largest absolute Gasteiger partial charge is 0.380 e. The van der Waals surface area contributed by atoms with Crippen LogP contribution in [0.2, 0.25) is 0 Å². The number of methoxy groups -OCH3 is 1. The Bertz CT molecular complexity index is 429. The van der Waals surface area contributed by atoms with E-state index in [4.69, 9.17) is 10.5 Å². The molecule has 1 aliphatic heterocycles. The molecule has 1 atom stereocenters. The summed E-state index contributed by atoms with van der Waals surface area (Å²) in [7, 11) is 1.68. The Morgan fingerprint density at radius 2 is 2.35 bits per heavy atom. The summed E-state index contributed by atoms with van der Waals surface area (Å²) in [6.07, 6.45) is 0.894. The zero-order valence-corrected chi connectivity index (χ0v) is 10.3. The van der Waals surface area contributed by atoms with E-state index in [0.717, 1.165) is 24.2 Å². The van der Waals surface area contributed by atoms with Crippen LogP contribution in [0.15, 0.2) is 18.2 Å². The van der Waals surface area contributed by atoms with E-state index in [2.05, 4.69) is 6.07 Å². The molecule has 1 aromatic carbocycles. The van der Waals surface area contributed by atoms with Gasteiger partial charge in [0.15, 0.2) is 0 Å². The number of nitrogens with two attached hydrogens (primary N) is 1. The molecular formula is C13H18N2O2. The third-order valence-electron chi connectivity index (χ3n) is 3.01. The maximum Gasteiger partial charge on any atom is 0.243 e. The summed E-state index contributed by atoms with van der Waals surface area (Å²) < 4.78 is 5.10. The number of hydrogen-bond acceptors (Lipinski definition) is 3. The van der Waals surface area contributed by atoms with Crippen LogP contribution in [0.5, 0.6) is 0 Å². The number of ether oxygens (including phenoxy) is 1. The Labute approximate surface area is 101 Å². The van der Waals surface area contributed by atoms with E-state index in [9.17, 15) is 4.79 Å². The van der Waals surface area contributed by atoms with Crippen LogP contribution in [-0.2, 0) is 22.6 Å². The predicted molar refractivity (Wildman–Crippen MR) is 66.9 cm³/mol. The van der Waals surface area contributed by atoms with Crippen molar-refractivity contribution in [2.24, 2.45) is 5.73 Å². The van der Waals surface area contributed by atoms with Gasteiger partial charge in [-0.2, -0.15) is 0 Å². The van der Waals surface area contributed by atoms with E-state index in [1.807, 2.05) is 12.1 Å². The van der Waals surface area contributed by atoms with Crippen LogP contribution in [-0.4, -0.2) is 25.6 Å². The predicted octanol–water partition coefficient (Wildman–Crippen LogP) is 1.07. The summed E-state index contributed by atoms with van der Waals surface area (Å²) in [5.41, 5.74) is 8.97. The number of amides is 1. The first kappa shape index (κ1) is 12.1. The molecule has 0 spiro atoms. The van der Waals surface area contributed by atoms with Gasteiger partial charge in [0, 0.05) is 19.3 Å². The molecule has 1 heterocycles. The van der Waals surface area contributed by atoms with Crippen molar-refractivity contribution in [3.63, 3.8) is 0 Å². The van der Waals surface area contributed by atoms with Gasteiger partial charge in [-0.25, -0.2) is 0 Å². The number of hydrogen-bond donors (Lipinski definition) is 1. The Morgan fingerprint density at radius 1 is 1.59 bits per heavy atom. The van der Waals surface area contributed by atoms with Gasteiger partial charge in [0.05, 0.1) is 12.6 Å². The maximum atomic E-state index is 11.9. The lowest BCUT2D eigenvalue weighted by Crippen LogP contribution is -2.41. The third kappa shape index (κ3) is 2.33. The minimum absolute atomic E-state index is 0.0109. The first-order valence-electron chi connectivity index (χ1n) is 5.81. The zero-order valence-electron chi connectivity index (χ0n) is 10.3. The van der Waals surface area contributed by atoms with Crippen LogP contribution in [0.4, 0.5) is 5.69 Å². The number of nitrogens with zero attached hydrogens (tertiary/aromatic N) is 1. The number of carbonyl (C=O) groups excluding carboxylic acids is 1. The molecule has 2 rings (SSSR count). The lowest BCUT2D eigenvalue weighted by Gasteiger charge is -2.19. The SMILES string of the molecule is COCc1ccc2c(c1)CCN2C(=O)C(C)N. The summed E-state index contributed by atoms with van der Waals surface area (Å²) in [4.78, 5) is 13.7. The highest BCUT2D eigenvalue weighted by atomic mass is 16.5. The second-order valence-electron chi connectivity index (χ2n) is 4.42. The molecule has 0 bridgehead atoms. The van der Waals surface area contributed by atoms with Crippen molar-refractivity contribution in [1.29, 1.82) is 0 Å². The van der Waals surface area contributed by atoms with Gasteiger partial charge in [-0.1, -0.05) is 12.1 Å². The minimum atomic E-state index is -0.445. The van der Waals surface area contributed by atoms with Gasteiger partial charge in [0.25, 0.3) is 0 Å². The molecule has 92 valence electrons. The van der Waals surface area contributed by atoms with Gasteiger partial charge in [-0.15, -0.1) is 0 Å². The minimum Gasteiger partial charge on any atom is -0.380 e. The molecule has 1 unspecified atom stereocenters. The van der Waals surface area contributed by atoms with Crippen molar-refractivity contribution in [3.8, 4) is 0 Å². The van der Waals surface area contributed by atoms with Crippen LogP contribution in [0.3, 0.4) is 0 Å². The molecule has 0 radical (unpaired) electrons. The van der Waals surface area contributed by atoms with Crippen molar-refractivity contribution in [3.05, 3.63) is 29.3 Å². The lowest BCUT2D eigenvalue weighted by atomic mass is 10.1. The van der Waals surface area contributed by atoms with E-state index in [1.165, 1.54) is 5.56 Å². The summed E-state index contributed by atoms with van der Waals surface area (Å²) in [5, 5.41) is 0. The van der Waals surface area contributed by atoms with Crippen molar-refractivity contribution < 1.29 is 9.53 Å². The molecule has 2 N–H and O–H groups in total. The second-order valence-corrected chi connectivity index (χ2v) is 4.42. The molecule has 4 heteroatoms. The molecule has 1 amide bonds. The standard InChI is InChI=1S/C13H18N2O2/c1-9(14)13(16)15-6-5-11-7-10(8-17-2)3-4-12(11)15/h3-4,7,9H,5-6,8,14H2,1-2H3. The maximum absolute atomic E-state index is 11.9. The van der Waals surface area contributed by atoms with Crippen LogP contribution in [0.1, 0.15) is 18.1 Å². The number of anilines is 1. The number of carbonyl (C=O) groups is 1. The Balaban J connectivity index is 2.24. The summed E-state index contributed by atoms with van der Waals surface area (Å²) in [6.45, 7) is 3.06. The normalized spacial score (nSPS) is 15.8. The van der Waals surface area contributed by atoms with Gasteiger partial charge in [0.2, 0.25) is 5.91 Å². The van der Waals surface area contributed by atoms with E-state index < -0.39 is 6.04 Å². The number of fused-ring (bicyclic) bond motifs is 1. The molecule has 4 nitrogen and oxygen atoms in total. The quantitative estimate of drug-likeness (QED) is 0.851. The summed E-state index contributed by atoms with van der Waals surface area (Å²) in [5.74, 6) is -0.0109. The molecule has 1 aromatic rings. The van der Waals surface area contributed by atoms with Crippen molar-refractivity contribution in [2.45, 2.75) is 26.0 Å². The molecular weight excluding hydrogens is 216 g/mol. The van der Waals surface area contributed by atoms with Crippen LogP contribution < -0.4 is 10.6 Å². The fourth-order valence-electron chi connectivity index (χ4n) is 2.19. The highest BCUT2D eigenvalue weighted by Crippen LogP contribution is 2.29. The van der Waals surface area contributed by atoms with Crippen LogP contribution in [0.25, 0.3) is 0 Å². The molecule has 0 saturated heterocycles. The Hall–Kier alpha value is -1.39. The first-order chi connectivity index (χ1) is 8.13. The highest BCUT2D eigenvalue weighted by molar-refractivity contribution is 5.98. The molecule has 0 aromatic heterocycles. The summed E-state index contributed by atoms with van der Waals surface area (Å²) >= 11 is 0. The van der Waals surface area contributed by atoms with Gasteiger partial charge >= 0.3 is 0 Å². The Kier molecular flexibility index (Phi) is 3.45. The molecule has 0 aliphatic carbocycles. The van der Waals surface area contributed by atoms with Crippen LogP contribution in [0, 0.1) is 0 Å². The first-order valence-corrected chi connectivity index (χ1v) is 5.81. The second kappa shape index (κ2) is 4.85. The number of benzene rings is 1. The molecule has 1 aliphatic rings. The molecule has 0 saturated carbocycles. The monoisotopic (exact) mass is 234 g/mol. The van der Waals surface area contributed by atoms with E-state index >= 15 is 0 Å². The van der Waals surface area contributed by atoms with Gasteiger partial charge in [0.1, 0.15) is 0 Å². The zero-order chi connectivity index (χ0) is 12.4. The third-order valence-corrected chi connectivity index (χ3v) is 3.01. The van der Waals surface area contributed by atoms with E-state index in [0.29, 0.717) is 6.61 Å². The van der Waals surface area contributed by atoms with E-state index in [-0.39, 0.29) is 5.91 Å². The van der Waals surface area contributed by atoms with Crippen LogP contribution >= 0.6 is 0 Å². The van der Waals surface area contributed by atoms with Gasteiger partial charge in [-0.3, -0.25) is 4.79 Å². The highest BCUT2D eigenvalue weighted by Gasteiger charge is 2.26. The average Bonchev–Trinajstić information content (AvgIpc) is 2.71. The van der Waals surface area contributed by atoms with E-state index in [1.54, 1.807) is 18.9 Å². The molecule has 0 fully saturated rings. The van der Waals surface area contributed by atoms with Gasteiger partial charge < -0.3 is 15.4 Å². The fourth-order valence-corrected chi connectivity index (χ4v) is 2.19. The Morgan fingerprint density at radius 3 is 3.00 bits per heavy atom. The lowest BCUT2D eigenvalue weighted by molar-refractivity contribution is -0.119. The fraction of sp³-hybridized carbons (Fsp3) is 0.462. The summed E-state index contributed by atoms with van der Waals surface area (Å²) in [6, 6.07) is 5.64. The van der Waals surface area contributed by atoms with Crippen molar-refractivity contribution in [2.75, 3.05) is 18.6 Å². The van der Waals surface area contributed by atoms with Gasteiger partial charge in [-0.05, 0) is 30.5 Å². The molecule has 17 heavy (non-hydrogen) atoms. The van der Waals surface area contributed by atoms with Crippen molar-refractivity contribution >= 4 is 11.6 Å².